The molecule has 146 valence electrons. The average molecular weight is 405 g/mol. The molecule has 2 aromatic heterocycles. The maximum absolute atomic E-state index is 12.8. The first-order valence-corrected chi connectivity index (χ1v) is 9.74. The number of anilines is 1. The highest BCUT2D eigenvalue weighted by atomic mass is 32.1. The van der Waals surface area contributed by atoms with Gasteiger partial charge < -0.3 is 4.90 Å². The van der Waals surface area contributed by atoms with Crippen molar-refractivity contribution in [3.63, 3.8) is 0 Å². The minimum absolute atomic E-state index is 0.134. The van der Waals surface area contributed by atoms with E-state index >= 15 is 0 Å². The van der Waals surface area contributed by atoms with Crippen LogP contribution in [0.15, 0.2) is 48.0 Å². The van der Waals surface area contributed by atoms with Crippen molar-refractivity contribution in [2.24, 2.45) is 0 Å². The molecule has 0 radical (unpaired) electrons. The third-order valence-corrected chi connectivity index (χ3v) is 5.40. The van der Waals surface area contributed by atoms with Gasteiger partial charge in [0.05, 0.1) is 12.2 Å². The van der Waals surface area contributed by atoms with Crippen LogP contribution in [0.1, 0.15) is 10.7 Å². The summed E-state index contributed by atoms with van der Waals surface area (Å²) in [5.74, 6) is 0.134. The van der Waals surface area contributed by atoms with E-state index in [0.717, 1.165) is 48.2 Å². The van der Waals surface area contributed by atoms with Gasteiger partial charge in [-0.2, -0.15) is 13.2 Å². The molecule has 0 N–H and O–H groups in total. The average Bonchev–Trinajstić information content (AvgIpc) is 3.17. The van der Waals surface area contributed by atoms with Crippen molar-refractivity contribution in [3.05, 3.63) is 58.7 Å². The fraction of sp³-hybridized carbons (Fsp3) is 0.316. The Morgan fingerprint density at radius 2 is 1.71 bits per heavy atom. The summed E-state index contributed by atoms with van der Waals surface area (Å²) in [6.45, 7) is 3.34. The Balaban J connectivity index is 1.36. The molecule has 3 aromatic rings. The molecule has 1 aliphatic heterocycles. The zero-order chi connectivity index (χ0) is 19.6. The van der Waals surface area contributed by atoms with Gasteiger partial charge in [-0.15, -0.1) is 11.3 Å². The third-order valence-electron chi connectivity index (χ3n) is 4.57. The lowest BCUT2D eigenvalue weighted by Gasteiger charge is -2.34. The molecule has 4 rings (SSSR count). The molecular formula is C19H18F3N5S. The van der Waals surface area contributed by atoms with Gasteiger partial charge in [-0.05, 0) is 6.07 Å². The molecule has 0 aliphatic carbocycles. The van der Waals surface area contributed by atoms with Crippen molar-refractivity contribution < 1.29 is 13.2 Å². The van der Waals surface area contributed by atoms with E-state index in [-0.39, 0.29) is 5.95 Å². The van der Waals surface area contributed by atoms with Crippen LogP contribution in [0.25, 0.3) is 11.3 Å². The lowest BCUT2D eigenvalue weighted by Crippen LogP contribution is -2.46. The van der Waals surface area contributed by atoms with E-state index in [1.54, 1.807) is 16.2 Å². The van der Waals surface area contributed by atoms with Crippen LogP contribution in [0.5, 0.6) is 0 Å². The smallest absolute Gasteiger partial charge is 0.338 e. The van der Waals surface area contributed by atoms with Crippen LogP contribution in [0.3, 0.4) is 0 Å². The van der Waals surface area contributed by atoms with Crippen molar-refractivity contribution in [2.45, 2.75) is 12.7 Å². The Bertz CT molecular complexity index is 921. The minimum Gasteiger partial charge on any atom is -0.338 e. The number of aromatic nitrogens is 3. The highest BCUT2D eigenvalue weighted by Crippen LogP contribution is 2.28. The molecule has 1 aromatic carbocycles. The Hall–Kier alpha value is -2.52. The second-order valence-corrected chi connectivity index (χ2v) is 7.44. The topological polar surface area (TPSA) is 45.2 Å². The van der Waals surface area contributed by atoms with Gasteiger partial charge in [-0.3, -0.25) is 4.90 Å². The second-order valence-electron chi connectivity index (χ2n) is 6.50. The number of thiazole rings is 1. The lowest BCUT2D eigenvalue weighted by atomic mass is 10.2. The molecular weight excluding hydrogens is 387 g/mol. The molecule has 0 saturated carbocycles. The summed E-state index contributed by atoms with van der Waals surface area (Å²) >= 11 is 1.62. The number of alkyl halides is 3. The third kappa shape index (κ3) is 4.31. The molecule has 0 amide bonds. The Kier molecular flexibility index (Phi) is 5.27. The van der Waals surface area contributed by atoms with E-state index < -0.39 is 11.9 Å². The van der Waals surface area contributed by atoms with Crippen LogP contribution in [0.2, 0.25) is 0 Å². The quantitative estimate of drug-likeness (QED) is 0.658. The normalized spacial score (nSPS) is 15.8. The molecule has 28 heavy (non-hydrogen) atoms. The second kappa shape index (κ2) is 7.84. The van der Waals surface area contributed by atoms with Crippen molar-refractivity contribution in [1.29, 1.82) is 0 Å². The molecule has 1 aliphatic rings. The summed E-state index contributed by atoms with van der Waals surface area (Å²) in [5, 5.41) is 3.08. The summed E-state index contributed by atoms with van der Waals surface area (Å²) < 4.78 is 38.5. The molecule has 0 bridgehead atoms. The highest BCUT2D eigenvalue weighted by molar-refractivity contribution is 7.09. The number of nitrogens with zero attached hydrogens (tertiary/aromatic N) is 5. The highest BCUT2D eigenvalue weighted by Gasteiger charge is 2.33. The Morgan fingerprint density at radius 1 is 0.964 bits per heavy atom. The minimum atomic E-state index is -4.46. The number of hydrogen-bond donors (Lipinski definition) is 0. The van der Waals surface area contributed by atoms with Crippen LogP contribution in [-0.4, -0.2) is 46.0 Å². The van der Waals surface area contributed by atoms with E-state index in [4.69, 9.17) is 4.98 Å². The van der Waals surface area contributed by atoms with Crippen LogP contribution >= 0.6 is 11.3 Å². The number of hydrogen-bond acceptors (Lipinski definition) is 6. The Morgan fingerprint density at radius 3 is 2.43 bits per heavy atom. The fourth-order valence-corrected chi connectivity index (χ4v) is 3.93. The van der Waals surface area contributed by atoms with Crippen LogP contribution in [0, 0.1) is 0 Å². The first-order valence-electron chi connectivity index (χ1n) is 8.86. The zero-order valence-electron chi connectivity index (χ0n) is 14.9. The van der Waals surface area contributed by atoms with E-state index in [2.05, 4.69) is 20.2 Å². The standard InChI is InChI=1S/C19H18F3N5S/c20-19(21,22)16-6-7-23-18(25-16)27-10-8-26(9-11-27)12-17-24-15(13-28-17)14-4-2-1-3-5-14/h1-7,13H,8-12H2. The number of halogens is 3. The lowest BCUT2D eigenvalue weighted by molar-refractivity contribution is -0.141. The summed E-state index contributed by atoms with van der Waals surface area (Å²) in [5.41, 5.74) is 1.16. The predicted octanol–water partition coefficient (Wildman–Crippen LogP) is 3.94. The molecule has 0 spiro atoms. The zero-order valence-corrected chi connectivity index (χ0v) is 15.7. The number of benzene rings is 1. The van der Waals surface area contributed by atoms with Crippen molar-refractivity contribution in [1.82, 2.24) is 19.9 Å². The Labute approximate surface area is 164 Å². The van der Waals surface area contributed by atoms with E-state index in [1.807, 2.05) is 30.3 Å². The first kappa shape index (κ1) is 18.8. The fourth-order valence-electron chi connectivity index (χ4n) is 3.08. The van der Waals surface area contributed by atoms with Gasteiger partial charge in [0.2, 0.25) is 5.95 Å². The SMILES string of the molecule is FC(F)(F)c1ccnc(N2CCN(Cc3nc(-c4ccccc4)cs3)CC2)n1. The van der Waals surface area contributed by atoms with Gasteiger partial charge in [0.25, 0.3) is 0 Å². The van der Waals surface area contributed by atoms with Crippen molar-refractivity contribution >= 4 is 17.3 Å². The summed E-state index contributed by atoms with van der Waals surface area (Å²) in [6.07, 6.45) is -3.29. The van der Waals surface area contributed by atoms with Gasteiger partial charge in [0.1, 0.15) is 10.7 Å². The summed E-state index contributed by atoms with van der Waals surface area (Å²) in [7, 11) is 0. The largest absolute Gasteiger partial charge is 0.433 e. The molecule has 0 atom stereocenters. The molecule has 0 unspecified atom stereocenters. The maximum Gasteiger partial charge on any atom is 0.433 e. The van der Waals surface area contributed by atoms with Crippen molar-refractivity contribution in [3.8, 4) is 11.3 Å². The van der Waals surface area contributed by atoms with Crippen LogP contribution < -0.4 is 4.90 Å². The van der Waals surface area contributed by atoms with E-state index in [9.17, 15) is 13.2 Å². The predicted molar refractivity (Wildman–Crippen MR) is 102 cm³/mol. The molecule has 1 saturated heterocycles. The van der Waals surface area contributed by atoms with Gasteiger partial charge in [0.15, 0.2) is 0 Å². The summed E-state index contributed by atoms with van der Waals surface area (Å²) in [6, 6.07) is 10.9. The number of piperazine rings is 1. The van der Waals surface area contributed by atoms with Gasteiger partial charge in [0, 0.05) is 43.3 Å². The number of rotatable bonds is 4. The molecule has 5 nitrogen and oxygen atoms in total. The molecule has 1 fully saturated rings. The van der Waals surface area contributed by atoms with Crippen LogP contribution in [-0.2, 0) is 12.7 Å². The maximum atomic E-state index is 12.8. The van der Waals surface area contributed by atoms with Gasteiger partial charge in [-0.25, -0.2) is 15.0 Å². The monoisotopic (exact) mass is 405 g/mol. The van der Waals surface area contributed by atoms with E-state index in [1.165, 1.54) is 0 Å². The van der Waals surface area contributed by atoms with Crippen molar-refractivity contribution in [2.75, 3.05) is 31.1 Å². The molecule has 3 heterocycles. The first-order chi connectivity index (χ1) is 13.5. The van der Waals surface area contributed by atoms with Gasteiger partial charge >= 0.3 is 6.18 Å². The van der Waals surface area contributed by atoms with Crippen LogP contribution in [0.4, 0.5) is 19.1 Å². The molecule has 9 heteroatoms. The van der Waals surface area contributed by atoms with Gasteiger partial charge in [-0.1, -0.05) is 30.3 Å². The summed E-state index contributed by atoms with van der Waals surface area (Å²) in [4.78, 5) is 16.4. The van der Waals surface area contributed by atoms with E-state index in [0.29, 0.717) is 13.1 Å².